The molecule has 1 atom stereocenters. The molecule has 1 saturated heterocycles. The second-order valence-electron chi connectivity index (χ2n) is 6.11. The zero-order chi connectivity index (χ0) is 14.0. The number of hydrogen-bond acceptors (Lipinski definition) is 3. The van der Waals surface area contributed by atoms with Crippen molar-refractivity contribution in [2.45, 2.75) is 19.9 Å². The van der Waals surface area contributed by atoms with Crippen molar-refractivity contribution < 1.29 is 4.42 Å². The maximum Gasteiger partial charge on any atom is 0.134 e. The third-order valence-corrected chi connectivity index (χ3v) is 4.23. The van der Waals surface area contributed by atoms with Gasteiger partial charge in [0.25, 0.3) is 0 Å². The molecule has 1 aliphatic heterocycles. The van der Waals surface area contributed by atoms with Crippen LogP contribution < -0.4 is 5.73 Å². The largest absolute Gasteiger partial charge is 0.460 e. The molecule has 0 spiro atoms. The quantitative estimate of drug-likeness (QED) is 0.939. The molecule has 1 aliphatic rings. The van der Waals surface area contributed by atoms with Crippen LogP contribution in [0.5, 0.6) is 0 Å². The van der Waals surface area contributed by atoms with Gasteiger partial charge in [0.2, 0.25) is 0 Å². The first-order chi connectivity index (χ1) is 9.68. The first-order valence-corrected chi connectivity index (χ1v) is 7.25. The van der Waals surface area contributed by atoms with Crippen molar-refractivity contribution >= 4 is 12.4 Å². The molecular weight excluding hydrogens is 284 g/mol. The number of nitrogens with two attached hydrogens (primary N) is 1. The van der Waals surface area contributed by atoms with Crippen LogP contribution in [0.4, 0.5) is 0 Å². The van der Waals surface area contributed by atoms with E-state index in [9.17, 15) is 0 Å². The molecule has 3 rings (SSSR count). The summed E-state index contributed by atoms with van der Waals surface area (Å²) in [5.74, 6) is 1.98. The van der Waals surface area contributed by atoms with Crippen molar-refractivity contribution in [2.24, 2.45) is 11.1 Å². The summed E-state index contributed by atoms with van der Waals surface area (Å²) in [6, 6.07) is 14.4. The molecule has 1 unspecified atom stereocenters. The molecule has 21 heavy (non-hydrogen) atoms. The molecule has 0 bridgehead atoms. The standard InChI is InChI=1S/C17H22N2O.ClH/c1-17(12-18)9-10-19(13-17)11-15-7-8-16(20-15)14-5-3-2-4-6-14;/h2-8H,9-13,18H2,1H3;1H. The van der Waals surface area contributed by atoms with Crippen molar-refractivity contribution in [1.82, 2.24) is 4.90 Å². The maximum atomic E-state index is 5.96. The number of nitrogens with zero attached hydrogens (tertiary/aromatic N) is 1. The first kappa shape index (κ1) is 16.1. The van der Waals surface area contributed by atoms with Gasteiger partial charge in [-0.1, -0.05) is 37.3 Å². The number of furan rings is 1. The lowest BCUT2D eigenvalue weighted by molar-refractivity contribution is 0.257. The van der Waals surface area contributed by atoms with Crippen LogP contribution in [0.2, 0.25) is 0 Å². The van der Waals surface area contributed by atoms with Gasteiger partial charge in [0.05, 0.1) is 6.54 Å². The molecule has 0 aliphatic carbocycles. The minimum Gasteiger partial charge on any atom is -0.460 e. The van der Waals surface area contributed by atoms with E-state index in [1.807, 2.05) is 18.2 Å². The summed E-state index contributed by atoms with van der Waals surface area (Å²) in [5.41, 5.74) is 7.26. The van der Waals surface area contributed by atoms with Gasteiger partial charge in [0.1, 0.15) is 11.5 Å². The second kappa shape index (κ2) is 6.65. The van der Waals surface area contributed by atoms with E-state index < -0.39 is 0 Å². The van der Waals surface area contributed by atoms with Crippen LogP contribution in [0.3, 0.4) is 0 Å². The molecule has 0 amide bonds. The van der Waals surface area contributed by atoms with Crippen LogP contribution in [0.25, 0.3) is 11.3 Å². The number of rotatable bonds is 4. The Bertz CT molecular complexity index is 569. The van der Waals surface area contributed by atoms with Crippen LogP contribution in [0, 0.1) is 5.41 Å². The molecule has 2 N–H and O–H groups in total. The zero-order valence-corrected chi connectivity index (χ0v) is 13.2. The van der Waals surface area contributed by atoms with Crippen molar-refractivity contribution in [3.63, 3.8) is 0 Å². The highest BCUT2D eigenvalue weighted by molar-refractivity contribution is 5.85. The maximum absolute atomic E-state index is 5.96. The average molecular weight is 307 g/mol. The van der Waals surface area contributed by atoms with E-state index in [0.29, 0.717) is 0 Å². The van der Waals surface area contributed by atoms with E-state index in [2.05, 4.69) is 36.1 Å². The molecule has 1 aromatic heterocycles. The Labute approximate surface area is 132 Å². The fourth-order valence-electron chi connectivity index (χ4n) is 2.87. The van der Waals surface area contributed by atoms with Gasteiger partial charge < -0.3 is 10.2 Å². The SMILES string of the molecule is CC1(CN)CCN(Cc2ccc(-c3ccccc3)o2)C1.Cl. The highest BCUT2D eigenvalue weighted by Crippen LogP contribution is 2.30. The van der Waals surface area contributed by atoms with Crippen LogP contribution in [-0.4, -0.2) is 24.5 Å². The molecule has 1 aromatic carbocycles. The Kier molecular flexibility index (Phi) is 5.09. The molecular formula is C17H23ClN2O. The summed E-state index contributed by atoms with van der Waals surface area (Å²) in [7, 11) is 0. The van der Waals surface area contributed by atoms with E-state index in [1.165, 1.54) is 6.42 Å². The third-order valence-electron chi connectivity index (χ3n) is 4.23. The Morgan fingerprint density at radius 3 is 2.62 bits per heavy atom. The molecule has 4 heteroatoms. The predicted molar refractivity (Wildman–Crippen MR) is 88.4 cm³/mol. The Balaban J connectivity index is 0.00000161. The third kappa shape index (κ3) is 3.67. The van der Waals surface area contributed by atoms with Crippen LogP contribution in [0.1, 0.15) is 19.1 Å². The lowest BCUT2D eigenvalue weighted by Crippen LogP contribution is -2.31. The van der Waals surface area contributed by atoms with Gasteiger partial charge in [-0.05, 0) is 37.1 Å². The predicted octanol–water partition coefficient (Wildman–Crippen LogP) is 3.54. The second-order valence-corrected chi connectivity index (χ2v) is 6.11. The first-order valence-electron chi connectivity index (χ1n) is 7.25. The van der Waals surface area contributed by atoms with E-state index in [1.54, 1.807) is 0 Å². The summed E-state index contributed by atoms with van der Waals surface area (Å²) in [5, 5.41) is 0. The topological polar surface area (TPSA) is 42.4 Å². The number of benzene rings is 1. The molecule has 0 saturated carbocycles. The molecule has 1 fully saturated rings. The number of halogens is 1. The lowest BCUT2D eigenvalue weighted by atomic mass is 9.90. The molecule has 3 nitrogen and oxygen atoms in total. The molecule has 2 aromatic rings. The zero-order valence-electron chi connectivity index (χ0n) is 12.4. The van der Waals surface area contributed by atoms with Gasteiger partial charge in [-0.15, -0.1) is 12.4 Å². The van der Waals surface area contributed by atoms with E-state index >= 15 is 0 Å². The summed E-state index contributed by atoms with van der Waals surface area (Å²) in [6.07, 6.45) is 1.18. The van der Waals surface area contributed by atoms with Gasteiger partial charge >= 0.3 is 0 Å². The Hall–Kier alpha value is -1.29. The Morgan fingerprint density at radius 1 is 1.19 bits per heavy atom. The van der Waals surface area contributed by atoms with E-state index in [4.69, 9.17) is 10.2 Å². The summed E-state index contributed by atoms with van der Waals surface area (Å²) >= 11 is 0. The van der Waals surface area contributed by atoms with Crippen LogP contribution >= 0.6 is 12.4 Å². The summed E-state index contributed by atoms with van der Waals surface area (Å²) in [4.78, 5) is 2.43. The highest BCUT2D eigenvalue weighted by Gasteiger charge is 2.32. The smallest absolute Gasteiger partial charge is 0.134 e. The summed E-state index contributed by atoms with van der Waals surface area (Å²) < 4.78 is 5.96. The molecule has 2 heterocycles. The van der Waals surface area contributed by atoms with E-state index in [0.717, 1.165) is 43.3 Å². The normalized spacial score (nSPS) is 22.2. The van der Waals surface area contributed by atoms with Crippen molar-refractivity contribution in [3.8, 4) is 11.3 Å². The van der Waals surface area contributed by atoms with E-state index in [-0.39, 0.29) is 17.8 Å². The minimum atomic E-state index is 0. The van der Waals surface area contributed by atoms with Crippen LogP contribution in [-0.2, 0) is 6.54 Å². The lowest BCUT2D eigenvalue weighted by Gasteiger charge is -2.21. The molecule has 114 valence electrons. The van der Waals surface area contributed by atoms with Gasteiger partial charge in [-0.2, -0.15) is 0 Å². The van der Waals surface area contributed by atoms with Crippen molar-refractivity contribution in [1.29, 1.82) is 0 Å². The van der Waals surface area contributed by atoms with Crippen LogP contribution in [0.15, 0.2) is 46.9 Å². The fraction of sp³-hybridized carbons (Fsp3) is 0.412. The highest BCUT2D eigenvalue weighted by atomic mass is 35.5. The fourth-order valence-corrected chi connectivity index (χ4v) is 2.87. The summed E-state index contributed by atoms with van der Waals surface area (Å²) in [6.45, 7) is 6.07. The minimum absolute atomic E-state index is 0. The van der Waals surface area contributed by atoms with Gasteiger partial charge in [0.15, 0.2) is 0 Å². The van der Waals surface area contributed by atoms with Gasteiger partial charge in [0, 0.05) is 12.1 Å². The Morgan fingerprint density at radius 2 is 1.95 bits per heavy atom. The molecule has 0 radical (unpaired) electrons. The van der Waals surface area contributed by atoms with Crippen molar-refractivity contribution in [3.05, 3.63) is 48.2 Å². The van der Waals surface area contributed by atoms with Gasteiger partial charge in [-0.3, -0.25) is 4.90 Å². The number of hydrogen-bond donors (Lipinski definition) is 1. The van der Waals surface area contributed by atoms with Gasteiger partial charge in [-0.25, -0.2) is 0 Å². The average Bonchev–Trinajstić information content (AvgIpc) is 3.08. The van der Waals surface area contributed by atoms with Crippen molar-refractivity contribution in [2.75, 3.05) is 19.6 Å². The number of likely N-dealkylation sites (tertiary alicyclic amines) is 1. The monoisotopic (exact) mass is 306 g/mol.